The molecule has 7 atom stereocenters. The lowest BCUT2D eigenvalue weighted by molar-refractivity contribution is -0.164. The number of allylic oxidation sites excluding steroid dienone is 1. The van der Waals surface area contributed by atoms with E-state index < -0.39 is 41.1 Å². The number of carbonyl (C=O) groups is 3. The monoisotopic (exact) mass is 580 g/mol. The molecule has 3 heterocycles. The summed E-state index contributed by atoms with van der Waals surface area (Å²) < 4.78 is 12.6. The van der Waals surface area contributed by atoms with Crippen LogP contribution >= 0.6 is 0 Å². The molecule has 0 radical (unpaired) electrons. The van der Waals surface area contributed by atoms with Crippen molar-refractivity contribution in [3.63, 3.8) is 0 Å². The van der Waals surface area contributed by atoms with Crippen LogP contribution in [0.5, 0.6) is 0 Å². The summed E-state index contributed by atoms with van der Waals surface area (Å²) in [6, 6.07) is 8.12. The van der Waals surface area contributed by atoms with Gasteiger partial charge in [0.15, 0.2) is 0 Å². The van der Waals surface area contributed by atoms with E-state index in [1.54, 1.807) is 15.9 Å². The Morgan fingerprint density at radius 3 is 2.55 bits per heavy atom. The Morgan fingerprint density at radius 1 is 1.21 bits per heavy atom. The number of nitrogens with zero attached hydrogens (tertiary/aromatic N) is 2. The third kappa shape index (κ3) is 5.68. The number of esters is 1. The Morgan fingerprint density at radius 2 is 1.93 bits per heavy atom. The first kappa shape index (κ1) is 32.0. The van der Waals surface area contributed by atoms with Gasteiger partial charge in [0.1, 0.15) is 17.6 Å². The van der Waals surface area contributed by atoms with Crippen LogP contribution in [0.15, 0.2) is 55.6 Å². The van der Waals surface area contributed by atoms with Crippen molar-refractivity contribution in [3.8, 4) is 0 Å². The highest BCUT2D eigenvalue weighted by molar-refractivity contribution is 5.98. The van der Waals surface area contributed by atoms with Gasteiger partial charge in [-0.05, 0) is 56.4 Å². The zero-order valence-electron chi connectivity index (χ0n) is 25.7. The van der Waals surface area contributed by atoms with E-state index in [4.69, 9.17) is 9.47 Å². The van der Waals surface area contributed by atoms with E-state index in [9.17, 15) is 19.5 Å². The Balaban J connectivity index is 1.75. The van der Waals surface area contributed by atoms with Gasteiger partial charge in [0.2, 0.25) is 11.8 Å². The van der Waals surface area contributed by atoms with Gasteiger partial charge in [0.25, 0.3) is 0 Å². The van der Waals surface area contributed by atoms with Crippen molar-refractivity contribution in [2.45, 2.75) is 89.6 Å². The van der Waals surface area contributed by atoms with Gasteiger partial charge in [-0.2, -0.15) is 0 Å². The number of fused-ring (bicyclic) bond motifs is 1. The number of benzene rings is 1. The van der Waals surface area contributed by atoms with Crippen LogP contribution in [0.1, 0.15) is 65.4 Å². The van der Waals surface area contributed by atoms with Crippen LogP contribution in [-0.4, -0.2) is 75.7 Å². The number of aliphatic hydroxyl groups excluding tert-OH is 1. The Hall–Kier alpha value is -2.97. The molecule has 42 heavy (non-hydrogen) atoms. The summed E-state index contributed by atoms with van der Waals surface area (Å²) >= 11 is 0. The van der Waals surface area contributed by atoms with Crippen molar-refractivity contribution in [3.05, 3.63) is 61.2 Å². The maximum atomic E-state index is 14.7. The Bertz CT molecular complexity index is 1150. The quantitative estimate of drug-likeness (QED) is 0.186. The fourth-order valence-corrected chi connectivity index (χ4v) is 7.55. The first-order valence-corrected chi connectivity index (χ1v) is 15.4. The van der Waals surface area contributed by atoms with E-state index in [1.165, 1.54) is 0 Å². The molecule has 8 nitrogen and oxygen atoms in total. The number of hydrogen-bond donors (Lipinski definition) is 1. The number of unbranched alkanes of at least 4 members (excludes halogenated alkanes) is 2. The normalized spacial score (nSPS) is 30.3. The van der Waals surface area contributed by atoms with Gasteiger partial charge < -0.3 is 24.4 Å². The molecule has 0 aliphatic carbocycles. The Labute approximate surface area is 250 Å². The van der Waals surface area contributed by atoms with Gasteiger partial charge in [-0.15, -0.1) is 13.2 Å². The van der Waals surface area contributed by atoms with Gasteiger partial charge in [-0.3, -0.25) is 14.4 Å². The van der Waals surface area contributed by atoms with E-state index in [2.05, 4.69) is 13.2 Å². The summed E-state index contributed by atoms with van der Waals surface area (Å²) in [5.74, 6) is -2.64. The standard InChI is InChI=1S/C34H48N2O6/c1-7-9-10-14-18-41-32(40)28-27-30(38)36(26(22-37)19-23(3)4)29(34(27)20-24(5)33(28,6)42-34)31(39)35(17-8-2)21-25-15-12-11-13-16-25/h7-8,11-13,15-16,23-24,26-29,37H,1-2,9-10,14,17-22H2,3-6H3/t24?,26-,27+,28-,29?,33+,34?/m1/s1. The summed E-state index contributed by atoms with van der Waals surface area (Å²) in [6.07, 6.45) is 6.89. The van der Waals surface area contributed by atoms with E-state index in [0.29, 0.717) is 25.8 Å². The molecule has 2 bridgehead atoms. The predicted octanol–water partition coefficient (Wildman–Crippen LogP) is 4.52. The highest BCUT2D eigenvalue weighted by Gasteiger charge is 2.80. The topological polar surface area (TPSA) is 96.4 Å². The second-order valence-corrected chi connectivity index (χ2v) is 12.9. The molecule has 0 aromatic heterocycles. The number of amides is 2. The molecule has 3 fully saturated rings. The van der Waals surface area contributed by atoms with Crippen LogP contribution in [0.25, 0.3) is 0 Å². The largest absolute Gasteiger partial charge is 0.465 e. The number of aliphatic hydroxyl groups is 1. The minimum absolute atomic E-state index is 0.0882. The van der Waals surface area contributed by atoms with Crippen LogP contribution in [0.4, 0.5) is 0 Å². The van der Waals surface area contributed by atoms with Gasteiger partial charge in [-0.1, -0.05) is 63.3 Å². The van der Waals surface area contributed by atoms with Gasteiger partial charge in [0, 0.05) is 13.1 Å². The first-order valence-electron chi connectivity index (χ1n) is 15.4. The van der Waals surface area contributed by atoms with Crippen molar-refractivity contribution in [2.24, 2.45) is 23.7 Å². The number of hydrogen-bond acceptors (Lipinski definition) is 6. The number of rotatable bonds is 15. The molecule has 0 saturated carbocycles. The fourth-order valence-electron chi connectivity index (χ4n) is 7.55. The van der Waals surface area contributed by atoms with E-state index in [-0.39, 0.29) is 43.4 Å². The molecule has 3 aliphatic rings. The molecular weight excluding hydrogens is 532 g/mol. The molecule has 3 saturated heterocycles. The highest BCUT2D eigenvalue weighted by atomic mass is 16.6. The van der Waals surface area contributed by atoms with Gasteiger partial charge >= 0.3 is 5.97 Å². The third-order valence-electron chi connectivity index (χ3n) is 9.51. The van der Waals surface area contributed by atoms with Crippen LogP contribution in [0, 0.1) is 23.7 Å². The van der Waals surface area contributed by atoms with Gasteiger partial charge in [-0.25, -0.2) is 0 Å². The lowest BCUT2D eigenvalue weighted by Gasteiger charge is -2.40. The second kappa shape index (κ2) is 13.1. The molecule has 4 rings (SSSR count). The lowest BCUT2D eigenvalue weighted by atomic mass is 9.62. The summed E-state index contributed by atoms with van der Waals surface area (Å²) in [5, 5.41) is 10.6. The maximum absolute atomic E-state index is 14.7. The van der Waals surface area contributed by atoms with Crippen LogP contribution < -0.4 is 0 Å². The predicted molar refractivity (Wildman–Crippen MR) is 161 cm³/mol. The Kier molecular flexibility index (Phi) is 9.99. The SMILES string of the molecule is C=CCCCCOC(=O)[C@H]1[C@H]2C(=O)N([C@@H](CO)CC(C)C)C(C(=O)N(CC=C)Cc3ccccc3)C23CC(C)[C@]1(C)O3. The van der Waals surface area contributed by atoms with Crippen LogP contribution in [0.2, 0.25) is 0 Å². The van der Waals surface area contributed by atoms with E-state index in [1.807, 2.05) is 64.1 Å². The van der Waals surface area contributed by atoms with Crippen molar-refractivity contribution in [2.75, 3.05) is 19.8 Å². The molecular formula is C34H48N2O6. The zero-order chi connectivity index (χ0) is 30.7. The average Bonchev–Trinajstić information content (AvgIpc) is 3.48. The van der Waals surface area contributed by atoms with Crippen molar-refractivity contribution in [1.82, 2.24) is 9.80 Å². The van der Waals surface area contributed by atoms with Crippen molar-refractivity contribution >= 4 is 17.8 Å². The van der Waals surface area contributed by atoms with Crippen LogP contribution in [-0.2, 0) is 30.4 Å². The van der Waals surface area contributed by atoms with Gasteiger partial charge in [0.05, 0.1) is 30.8 Å². The van der Waals surface area contributed by atoms with Crippen molar-refractivity contribution < 1.29 is 29.0 Å². The molecule has 8 heteroatoms. The minimum Gasteiger partial charge on any atom is -0.465 e. The molecule has 1 N–H and O–H groups in total. The molecule has 230 valence electrons. The fraction of sp³-hybridized carbons (Fsp3) is 0.618. The highest BCUT2D eigenvalue weighted by Crippen LogP contribution is 2.65. The molecule has 3 unspecified atom stereocenters. The summed E-state index contributed by atoms with van der Waals surface area (Å²) in [7, 11) is 0. The summed E-state index contributed by atoms with van der Waals surface area (Å²) in [5.41, 5.74) is -1.19. The molecule has 3 aliphatic heterocycles. The maximum Gasteiger partial charge on any atom is 0.312 e. The molecule has 2 amide bonds. The first-order chi connectivity index (χ1) is 20.0. The minimum atomic E-state index is -1.20. The molecule has 1 aromatic rings. The molecule has 1 spiro atoms. The van der Waals surface area contributed by atoms with Crippen LogP contribution in [0.3, 0.4) is 0 Å². The smallest absolute Gasteiger partial charge is 0.312 e. The average molecular weight is 581 g/mol. The zero-order valence-corrected chi connectivity index (χ0v) is 25.7. The second-order valence-electron chi connectivity index (χ2n) is 12.9. The number of ether oxygens (including phenoxy) is 2. The van der Waals surface area contributed by atoms with Crippen molar-refractivity contribution in [1.29, 1.82) is 0 Å². The summed E-state index contributed by atoms with van der Waals surface area (Å²) in [4.78, 5) is 46.2. The number of likely N-dealkylation sites (tertiary alicyclic amines) is 1. The third-order valence-corrected chi connectivity index (χ3v) is 9.51. The lowest BCUT2D eigenvalue weighted by Crippen LogP contribution is -2.59. The van der Waals surface area contributed by atoms with E-state index in [0.717, 1.165) is 18.4 Å². The van der Waals surface area contributed by atoms with E-state index >= 15 is 0 Å². The molecule has 1 aromatic carbocycles. The number of carbonyl (C=O) groups excluding carboxylic acids is 3. The summed E-state index contributed by atoms with van der Waals surface area (Å²) in [6.45, 7) is 16.2.